The molecule has 1 aromatic rings. The van der Waals surface area contributed by atoms with E-state index >= 15 is 0 Å². The van der Waals surface area contributed by atoms with E-state index < -0.39 is 40.1 Å². The second kappa shape index (κ2) is 5.32. The normalized spacial score (nSPS) is 12.5. The first-order valence-electron chi connectivity index (χ1n) is 4.64. The minimum atomic E-state index is -4.93. The van der Waals surface area contributed by atoms with Gasteiger partial charge in [-0.1, -0.05) is 0 Å². The Morgan fingerprint density at radius 3 is 1.74 bits per heavy atom. The molecule has 0 radical (unpaired) electrons. The van der Waals surface area contributed by atoms with Crippen LogP contribution in [0.1, 0.15) is 11.1 Å². The lowest BCUT2D eigenvalue weighted by Crippen LogP contribution is -2.11. The average Bonchev–Trinajstić information content (AvgIpc) is 2.23. The number of rotatable bonds is 3. The number of aliphatic carboxylic acids is 1. The molecule has 0 bridgehead atoms. The first kappa shape index (κ1) is 15.7. The van der Waals surface area contributed by atoms with Crippen molar-refractivity contribution in [2.75, 3.05) is 5.75 Å². The second-order valence-electron chi connectivity index (χ2n) is 3.42. The third kappa shape index (κ3) is 4.66. The molecule has 0 aliphatic rings. The molecule has 1 N–H and O–H groups in total. The van der Waals surface area contributed by atoms with Crippen LogP contribution in [0.25, 0.3) is 0 Å². The number of halogens is 6. The first-order chi connectivity index (χ1) is 8.50. The molecule has 0 amide bonds. The number of carboxylic acid groups (broad SMARTS) is 1. The van der Waals surface area contributed by atoms with E-state index in [-0.39, 0.29) is 6.07 Å². The molecule has 0 atom stereocenters. The van der Waals surface area contributed by atoms with E-state index in [1.165, 1.54) is 0 Å². The van der Waals surface area contributed by atoms with E-state index in [0.29, 0.717) is 23.9 Å². The molecule has 106 valence electrons. The number of carboxylic acids is 1. The fourth-order valence-corrected chi connectivity index (χ4v) is 1.87. The van der Waals surface area contributed by atoms with Crippen LogP contribution < -0.4 is 0 Å². The van der Waals surface area contributed by atoms with Gasteiger partial charge < -0.3 is 5.11 Å². The van der Waals surface area contributed by atoms with Crippen molar-refractivity contribution in [2.45, 2.75) is 17.2 Å². The van der Waals surface area contributed by atoms with Crippen LogP contribution in [0.3, 0.4) is 0 Å². The third-order valence-corrected chi connectivity index (χ3v) is 2.88. The predicted octanol–water partition coefficient (Wildman–Crippen LogP) is 3.90. The number of thioether (sulfide) groups is 1. The van der Waals surface area contributed by atoms with Gasteiger partial charge in [0, 0.05) is 4.90 Å². The molecule has 0 aromatic heterocycles. The first-order valence-corrected chi connectivity index (χ1v) is 5.63. The Morgan fingerprint density at radius 2 is 1.42 bits per heavy atom. The highest BCUT2D eigenvalue weighted by Crippen LogP contribution is 2.38. The van der Waals surface area contributed by atoms with Gasteiger partial charge in [0.2, 0.25) is 0 Å². The Morgan fingerprint density at radius 1 is 1.00 bits per heavy atom. The van der Waals surface area contributed by atoms with Crippen molar-refractivity contribution < 1.29 is 36.2 Å². The minimum absolute atomic E-state index is 0.00910. The van der Waals surface area contributed by atoms with Gasteiger partial charge in [0.25, 0.3) is 0 Å². The van der Waals surface area contributed by atoms with E-state index in [9.17, 15) is 31.1 Å². The molecule has 2 nitrogen and oxygen atoms in total. The van der Waals surface area contributed by atoms with E-state index in [2.05, 4.69) is 0 Å². The fourth-order valence-electron chi connectivity index (χ4n) is 1.15. The second-order valence-corrected chi connectivity index (χ2v) is 4.47. The summed E-state index contributed by atoms with van der Waals surface area (Å²) in [6.45, 7) is 0. The van der Waals surface area contributed by atoms with E-state index in [1.807, 2.05) is 0 Å². The minimum Gasteiger partial charge on any atom is -0.481 e. The lowest BCUT2D eigenvalue weighted by molar-refractivity contribution is -0.143. The van der Waals surface area contributed by atoms with Crippen LogP contribution in [0.4, 0.5) is 26.3 Å². The highest BCUT2D eigenvalue weighted by atomic mass is 32.2. The van der Waals surface area contributed by atoms with Gasteiger partial charge in [-0.05, 0) is 18.2 Å². The van der Waals surface area contributed by atoms with Gasteiger partial charge in [0.15, 0.2) is 0 Å². The zero-order valence-corrected chi connectivity index (χ0v) is 9.79. The molecule has 0 unspecified atom stereocenters. The maximum absolute atomic E-state index is 12.4. The maximum atomic E-state index is 12.4. The van der Waals surface area contributed by atoms with Crippen LogP contribution >= 0.6 is 11.8 Å². The zero-order chi connectivity index (χ0) is 14.8. The van der Waals surface area contributed by atoms with Crippen LogP contribution in [-0.4, -0.2) is 16.8 Å². The summed E-state index contributed by atoms with van der Waals surface area (Å²) in [7, 11) is 0. The highest BCUT2D eigenvalue weighted by Gasteiger charge is 2.36. The third-order valence-electron chi connectivity index (χ3n) is 1.92. The lowest BCUT2D eigenvalue weighted by Gasteiger charge is -2.13. The number of hydrogen-bond acceptors (Lipinski definition) is 2. The summed E-state index contributed by atoms with van der Waals surface area (Å²) < 4.78 is 74.7. The molecule has 0 saturated carbocycles. The zero-order valence-electron chi connectivity index (χ0n) is 8.97. The number of carbonyl (C=O) groups is 1. The molecule has 0 fully saturated rings. The standard InChI is InChI=1S/C10H6F6O2S/c11-9(12,13)5-1-6(10(14,15)16)3-7(2-5)19-4-8(17)18/h1-3H,4H2,(H,17,18). The fraction of sp³-hybridized carbons (Fsp3) is 0.300. The van der Waals surface area contributed by atoms with Gasteiger partial charge in [-0.25, -0.2) is 0 Å². The summed E-state index contributed by atoms with van der Waals surface area (Å²) >= 11 is 0.390. The largest absolute Gasteiger partial charge is 0.481 e. The van der Waals surface area contributed by atoms with Crippen molar-refractivity contribution in [3.05, 3.63) is 29.3 Å². The van der Waals surface area contributed by atoms with Gasteiger partial charge in [-0.3, -0.25) is 4.79 Å². The van der Waals surface area contributed by atoms with Gasteiger partial charge in [-0.15, -0.1) is 11.8 Å². The predicted molar refractivity (Wildman–Crippen MR) is 54.8 cm³/mol. The van der Waals surface area contributed by atoms with Crippen LogP contribution in [0, 0.1) is 0 Å². The quantitative estimate of drug-likeness (QED) is 0.680. The maximum Gasteiger partial charge on any atom is 0.416 e. The molecular formula is C10H6F6O2S. The summed E-state index contributed by atoms with van der Waals surface area (Å²) in [6, 6.07) is 0.969. The highest BCUT2D eigenvalue weighted by molar-refractivity contribution is 8.00. The van der Waals surface area contributed by atoms with Crippen molar-refractivity contribution in [1.29, 1.82) is 0 Å². The SMILES string of the molecule is O=C(O)CSc1cc(C(F)(F)F)cc(C(F)(F)F)c1. The van der Waals surface area contributed by atoms with E-state index in [0.717, 1.165) is 0 Å². The molecular weight excluding hydrogens is 298 g/mol. The van der Waals surface area contributed by atoms with Gasteiger partial charge >= 0.3 is 18.3 Å². The molecule has 19 heavy (non-hydrogen) atoms. The monoisotopic (exact) mass is 304 g/mol. The Bertz CT molecular complexity index is 448. The molecule has 0 aliphatic carbocycles. The molecule has 1 aromatic carbocycles. The summed E-state index contributed by atoms with van der Waals surface area (Å²) in [6.07, 6.45) is -9.86. The molecule has 9 heteroatoms. The molecule has 0 saturated heterocycles. The Balaban J connectivity index is 3.21. The van der Waals surface area contributed by atoms with Crippen LogP contribution in [0.5, 0.6) is 0 Å². The van der Waals surface area contributed by atoms with Crippen molar-refractivity contribution in [3.63, 3.8) is 0 Å². The molecule has 0 spiro atoms. The topological polar surface area (TPSA) is 37.3 Å². The summed E-state index contributed by atoms with van der Waals surface area (Å²) in [4.78, 5) is 9.87. The molecule has 0 heterocycles. The Kier molecular flexibility index (Phi) is 4.39. The molecule has 1 rings (SSSR count). The molecule has 0 aliphatic heterocycles. The van der Waals surface area contributed by atoms with E-state index in [1.54, 1.807) is 0 Å². The van der Waals surface area contributed by atoms with Crippen LogP contribution in [-0.2, 0) is 17.1 Å². The van der Waals surface area contributed by atoms with Crippen LogP contribution in [0.15, 0.2) is 23.1 Å². The van der Waals surface area contributed by atoms with Gasteiger partial charge in [0.1, 0.15) is 0 Å². The van der Waals surface area contributed by atoms with Crippen molar-refractivity contribution in [3.8, 4) is 0 Å². The Labute approximate surface area is 107 Å². The summed E-state index contributed by atoms with van der Waals surface area (Å²) in [5.74, 6) is -1.96. The van der Waals surface area contributed by atoms with Crippen LogP contribution in [0.2, 0.25) is 0 Å². The van der Waals surface area contributed by atoms with Gasteiger partial charge in [0.05, 0.1) is 16.9 Å². The lowest BCUT2D eigenvalue weighted by atomic mass is 10.1. The van der Waals surface area contributed by atoms with E-state index in [4.69, 9.17) is 5.11 Å². The summed E-state index contributed by atoms with van der Waals surface area (Å²) in [5.41, 5.74) is -2.93. The number of benzene rings is 1. The van der Waals surface area contributed by atoms with Crippen molar-refractivity contribution in [2.24, 2.45) is 0 Å². The number of hydrogen-bond donors (Lipinski definition) is 1. The van der Waals surface area contributed by atoms with Crippen molar-refractivity contribution in [1.82, 2.24) is 0 Å². The smallest absolute Gasteiger partial charge is 0.416 e. The summed E-state index contributed by atoms with van der Waals surface area (Å²) in [5, 5.41) is 8.37. The Hall–Kier alpha value is -1.38. The average molecular weight is 304 g/mol. The number of alkyl halides is 6. The van der Waals surface area contributed by atoms with Gasteiger partial charge in [-0.2, -0.15) is 26.3 Å². The van der Waals surface area contributed by atoms with Crippen molar-refractivity contribution >= 4 is 17.7 Å².